The SMILES string of the molecule is CCn1c(N2CCCC(C(=O)NCc3cnccn3)C2)cc(=O)n(C)c1=O. The van der Waals surface area contributed by atoms with Crippen molar-refractivity contribution in [2.24, 2.45) is 13.0 Å². The van der Waals surface area contributed by atoms with E-state index >= 15 is 0 Å². The van der Waals surface area contributed by atoms with Gasteiger partial charge in [-0.15, -0.1) is 0 Å². The molecule has 2 aromatic heterocycles. The molecule has 1 saturated heterocycles. The Morgan fingerprint density at radius 1 is 1.33 bits per heavy atom. The van der Waals surface area contributed by atoms with Crippen LogP contribution in [0, 0.1) is 5.92 Å². The van der Waals surface area contributed by atoms with Crippen LogP contribution in [0.3, 0.4) is 0 Å². The molecule has 1 fully saturated rings. The van der Waals surface area contributed by atoms with Crippen molar-refractivity contribution in [3.8, 4) is 0 Å². The summed E-state index contributed by atoms with van der Waals surface area (Å²) in [4.78, 5) is 47.1. The molecule has 3 heterocycles. The van der Waals surface area contributed by atoms with Crippen LogP contribution in [-0.4, -0.2) is 38.1 Å². The number of hydrogen-bond acceptors (Lipinski definition) is 6. The fourth-order valence-electron chi connectivity index (χ4n) is 3.36. The number of nitrogens with one attached hydrogen (secondary N) is 1. The second kappa shape index (κ2) is 8.15. The van der Waals surface area contributed by atoms with Crippen molar-refractivity contribution in [3.05, 3.63) is 51.2 Å². The Balaban J connectivity index is 1.74. The van der Waals surface area contributed by atoms with Gasteiger partial charge < -0.3 is 10.2 Å². The molecule has 0 spiro atoms. The summed E-state index contributed by atoms with van der Waals surface area (Å²) < 4.78 is 2.67. The van der Waals surface area contributed by atoms with E-state index in [0.29, 0.717) is 37.7 Å². The molecule has 0 aromatic carbocycles. The van der Waals surface area contributed by atoms with Crippen LogP contribution >= 0.6 is 0 Å². The quantitative estimate of drug-likeness (QED) is 0.786. The van der Waals surface area contributed by atoms with Gasteiger partial charge in [0.1, 0.15) is 5.82 Å². The lowest BCUT2D eigenvalue weighted by molar-refractivity contribution is -0.125. The molecule has 1 atom stereocenters. The van der Waals surface area contributed by atoms with Crippen LogP contribution in [0.15, 0.2) is 34.2 Å². The van der Waals surface area contributed by atoms with Crippen LogP contribution in [0.4, 0.5) is 5.82 Å². The monoisotopic (exact) mass is 372 g/mol. The maximum Gasteiger partial charge on any atom is 0.332 e. The van der Waals surface area contributed by atoms with Gasteiger partial charge in [-0.05, 0) is 19.8 Å². The maximum absolute atomic E-state index is 12.6. The molecule has 0 bridgehead atoms. The summed E-state index contributed by atoms with van der Waals surface area (Å²) in [6.45, 7) is 3.83. The molecule has 1 unspecified atom stereocenters. The molecule has 1 amide bonds. The van der Waals surface area contributed by atoms with Crippen molar-refractivity contribution in [3.63, 3.8) is 0 Å². The standard InChI is InChI=1S/C18H24N6O3/c1-3-24-15(9-16(25)22(2)18(24)27)23-8-4-5-13(12-23)17(26)21-11-14-10-19-6-7-20-14/h6-7,9-10,13H,3-5,8,11-12H2,1-2H3,(H,21,26). The third kappa shape index (κ3) is 4.07. The minimum Gasteiger partial charge on any atom is -0.357 e. The Bertz CT molecular complexity index is 921. The number of hydrogen-bond donors (Lipinski definition) is 1. The Labute approximate surface area is 156 Å². The topological polar surface area (TPSA) is 102 Å². The number of rotatable bonds is 5. The van der Waals surface area contributed by atoms with Crippen molar-refractivity contribution >= 4 is 11.7 Å². The molecule has 3 rings (SSSR count). The van der Waals surface area contributed by atoms with Crippen molar-refractivity contribution in [2.75, 3.05) is 18.0 Å². The number of amides is 1. The summed E-state index contributed by atoms with van der Waals surface area (Å²) in [5.41, 5.74) is 0.0213. The number of nitrogens with zero attached hydrogens (tertiary/aromatic N) is 5. The van der Waals surface area contributed by atoms with E-state index < -0.39 is 0 Å². The molecular formula is C18H24N6O3. The molecule has 2 aromatic rings. The molecule has 9 heteroatoms. The van der Waals surface area contributed by atoms with Crippen LogP contribution in [0.25, 0.3) is 0 Å². The number of carbonyl (C=O) groups excluding carboxylic acids is 1. The highest BCUT2D eigenvalue weighted by Crippen LogP contribution is 2.22. The predicted octanol–water partition coefficient (Wildman–Crippen LogP) is -0.110. The van der Waals surface area contributed by atoms with Gasteiger partial charge in [-0.3, -0.25) is 28.7 Å². The second-order valence-corrected chi connectivity index (χ2v) is 6.63. The summed E-state index contributed by atoms with van der Waals surface area (Å²) in [7, 11) is 1.47. The lowest BCUT2D eigenvalue weighted by Gasteiger charge is -2.34. The Kier molecular flexibility index (Phi) is 5.68. The van der Waals surface area contributed by atoms with Crippen molar-refractivity contribution < 1.29 is 4.79 Å². The van der Waals surface area contributed by atoms with Crippen molar-refractivity contribution in [1.29, 1.82) is 0 Å². The van der Waals surface area contributed by atoms with Gasteiger partial charge in [-0.1, -0.05) is 0 Å². The summed E-state index contributed by atoms with van der Waals surface area (Å²) in [6.07, 6.45) is 6.37. The van der Waals surface area contributed by atoms with E-state index in [9.17, 15) is 14.4 Å². The second-order valence-electron chi connectivity index (χ2n) is 6.63. The fourth-order valence-corrected chi connectivity index (χ4v) is 3.36. The van der Waals surface area contributed by atoms with E-state index in [4.69, 9.17) is 0 Å². The third-order valence-corrected chi connectivity index (χ3v) is 4.87. The van der Waals surface area contributed by atoms with E-state index in [-0.39, 0.29) is 23.1 Å². The first-order valence-electron chi connectivity index (χ1n) is 9.09. The lowest BCUT2D eigenvalue weighted by atomic mass is 9.97. The summed E-state index contributed by atoms with van der Waals surface area (Å²) in [5.74, 6) is 0.316. The van der Waals surface area contributed by atoms with E-state index in [0.717, 1.165) is 17.4 Å². The number of aromatic nitrogens is 4. The summed E-state index contributed by atoms with van der Waals surface area (Å²) in [6, 6.07) is 1.48. The minimum atomic E-state index is -0.339. The first-order valence-corrected chi connectivity index (χ1v) is 9.09. The summed E-state index contributed by atoms with van der Waals surface area (Å²) >= 11 is 0. The molecule has 1 aliphatic heterocycles. The first kappa shape index (κ1) is 18.8. The minimum absolute atomic E-state index is 0.0559. The Morgan fingerprint density at radius 2 is 2.15 bits per heavy atom. The van der Waals surface area contributed by atoms with Crippen LogP contribution in [0.5, 0.6) is 0 Å². The molecular weight excluding hydrogens is 348 g/mol. The molecule has 1 aliphatic rings. The molecule has 0 radical (unpaired) electrons. The van der Waals surface area contributed by atoms with Crippen LogP contribution in [0.1, 0.15) is 25.5 Å². The summed E-state index contributed by atoms with van der Waals surface area (Å²) in [5, 5.41) is 2.90. The van der Waals surface area contributed by atoms with E-state index in [1.165, 1.54) is 13.1 Å². The van der Waals surface area contributed by atoms with E-state index in [1.807, 2.05) is 11.8 Å². The van der Waals surface area contributed by atoms with Gasteiger partial charge in [-0.2, -0.15) is 0 Å². The normalized spacial score (nSPS) is 17.0. The Morgan fingerprint density at radius 3 is 2.85 bits per heavy atom. The van der Waals surface area contributed by atoms with Crippen LogP contribution < -0.4 is 21.5 Å². The fraction of sp³-hybridized carbons (Fsp3) is 0.500. The van der Waals surface area contributed by atoms with Crippen LogP contribution in [0.2, 0.25) is 0 Å². The maximum atomic E-state index is 12.6. The molecule has 0 saturated carbocycles. The Hall–Kier alpha value is -2.97. The molecule has 27 heavy (non-hydrogen) atoms. The average molecular weight is 372 g/mol. The zero-order chi connectivity index (χ0) is 19.4. The molecule has 0 aliphatic carbocycles. The zero-order valence-corrected chi connectivity index (χ0v) is 15.6. The number of anilines is 1. The third-order valence-electron chi connectivity index (χ3n) is 4.87. The van der Waals surface area contributed by atoms with E-state index in [1.54, 1.807) is 23.2 Å². The van der Waals surface area contributed by atoms with Crippen molar-refractivity contribution in [2.45, 2.75) is 32.9 Å². The van der Waals surface area contributed by atoms with Crippen molar-refractivity contribution in [1.82, 2.24) is 24.4 Å². The average Bonchev–Trinajstić information content (AvgIpc) is 2.71. The smallest absolute Gasteiger partial charge is 0.332 e. The number of piperidine rings is 1. The molecule has 144 valence electrons. The predicted molar refractivity (Wildman–Crippen MR) is 100 cm³/mol. The van der Waals surface area contributed by atoms with Gasteiger partial charge in [0.05, 0.1) is 24.4 Å². The highest BCUT2D eigenvalue weighted by atomic mass is 16.2. The highest BCUT2D eigenvalue weighted by molar-refractivity contribution is 5.79. The van der Waals surface area contributed by atoms with Gasteiger partial charge in [0.15, 0.2) is 0 Å². The van der Waals surface area contributed by atoms with Gasteiger partial charge in [0, 0.05) is 45.1 Å². The molecule has 1 N–H and O–H groups in total. The first-order chi connectivity index (χ1) is 13.0. The highest BCUT2D eigenvalue weighted by Gasteiger charge is 2.27. The molecule has 9 nitrogen and oxygen atoms in total. The lowest BCUT2D eigenvalue weighted by Crippen LogP contribution is -2.47. The van der Waals surface area contributed by atoms with Gasteiger partial charge >= 0.3 is 5.69 Å². The van der Waals surface area contributed by atoms with Gasteiger partial charge in [-0.25, -0.2) is 4.79 Å². The number of carbonyl (C=O) groups is 1. The van der Waals surface area contributed by atoms with Gasteiger partial charge in [0.25, 0.3) is 5.56 Å². The van der Waals surface area contributed by atoms with Gasteiger partial charge in [0.2, 0.25) is 5.91 Å². The van der Waals surface area contributed by atoms with Crippen LogP contribution in [-0.2, 0) is 24.9 Å². The zero-order valence-electron chi connectivity index (χ0n) is 15.6. The largest absolute Gasteiger partial charge is 0.357 e. The van der Waals surface area contributed by atoms with E-state index in [2.05, 4.69) is 15.3 Å².